The van der Waals surface area contributed by atoms with Gasteiger partial charge in [0.15, 0.2) is 6.10 Å². The van der Waals surface area contributed by atoms with Crippen molar-refractivity contribution in [1.82, 2.24) is 0 Å². The minimum atomic E-state index is -4.75. The molecule has 0 aromatic rings. The molecule has 8 nitrogen and oxygen atoms in total. The van der Waals surface area contributed by atoms with Crippen LogP contribution in [0.2, 0.25) is 0 Å². The molecule has 0 aromatic carbocycles. The van der Waals surface area contributed by atoms with Crippen molar-refractivity contribution in [3.05, 3.63) is 0 Å². The van der Waals surface area contributed by atoms with Gasteiger partial charge in [-0.1, -0.05) is 251 Å². The molecule has 0 unspecified atom stereocenters. The van der Waals surface area contributed by atoms with Crippen LogP contribution in [0.15, 0.2) is 0 Å². The van der Waals surface area contributed by atoms with Crippen LogP contribution in [0.1, 0.15) is 277 Å². The first-order valence-corrected chi connectivity index (χ1v) is 26.4. The fourth-order valence-electron chi connectivity index (χ4n) is 7.67. The highest BCUT2D eigenvalue weighted by Crippen LogP contribution is 2.36. The molecule has 0 aromatic heterocycles. The summed E-state index contributed by atoms with van der Waals surface area (Å²) < 4.78 is 26.5. The Balaban J connectivity index is 3.76. The average molecular weight is 831 g/mol. The van der Waals surface area contributed by atoms with E-state index in [1.807, 2.05) is 0 Å². The summed E-state index contributed by atoms with van der Waals surface area (Å²) in [5, 5.41) is 0. The highest BCUT2D eigenvalue weighted by atomic mass is 31.2. The number of hydrogen-bond acceptors (Lipinski definition) is 6. The van der Waals surface area contributed by atoms with Crippen LogP contribution in [0.3, 0.4) is 0 Å². The van der Waals surface area contributed by atoms with Crippen molar-refractivity contribution < 1.29 is 37.9 Å². The van der Waals surface area contributed by atoms with Crippen molar-refractivity contribution in [2.45, 2.75) is 283 Å². The van der Waals surface area contributed by atoms with Gasteiger partial charge in [0.25, 0.3) is 0 Å². The summed E-state index contributed by atoms with van der Waals surface area (Å²) in [7, 11) is -4.75. The Morgan fingerprint density at radius 1 is 0.386 bits per heavy atom. The molecule has 0 heterocycles. The first-order valence-electron chi connectivity index (χ1n) is 24.8. The molecule has 0 bridgehead atoms. The predicted molar refractivity (Wildman–Crippen MR) is 239 cm³/mol. The SMILES string of the molecule is CCCCCCCCCCCCCCCCCCCCCCCCC(=O)OC[C@H](COP(=O)(O)O)OC(=O)CCCCCCCCCCCCCCCCCCC. The van der Waals surface area contributed by atoms with Gasteiger partial charge in [-0.05, 0) is 12.8 Å². The van der Waals surface area contributed by atoms with Crippen LogP contribution in [0, 0.1) is 0 Å². The molecule has 57 heavy (non-hydrogen) atoms. The van der Waals surface area contributed by atoms with Gasteiger partial charge in [-0.15, -0.1) is 0 Å². The Labute approximate surface area is 353 Å². The van der Waals surface area contributed by atoms with E-state index >= 15 is 0 Å². The standard InChI is InChI=1S/C48H95O8P/c1-3-5-7-9-11-13-15-17-19-21-22-23-24-25-27-28-30-32-34-36-38-40-42-47(49)54-44-46(45-55-57(51,52)53)56-48(50)43-41-39-37-35-33-31-29-26-20-18-16-14-12-10-8-6-4-2/h46H,3-45H2,1-2H3,(H2,51,52,53)/t46-/m1/s1. The summed E-state index contributed by atoms with van der Waals surface area (Å²) in [4.78, 5) is 43.0. The molecule has 2 N–H and O–H groups in total. The summed E-state index contributed by atoms with van der Waals surface area (Å²) in [5.74, 6) is -0.862. The molecule has 340 valence electrons. The molecule has 1 atom stereocenters. The molecule has 0 saturated carbocycles. The third-order valence-electron chi connectivity index (χ3n) is 11.4. The van der Waals surface area contributed by atoms with Crippen LogP contribution < -0.4 is 0 Å². The number of ether oxygens (including phenoxy) is 2. The monoisotopic (exact) mass is 831 g/mol. The minimum Gasteiger partial charge on any atom is -0.462 e. The molecule has 0 amide bonds. The van der Waals surface area contributed by atoms with E-state index in [1.165, 1.54) is 212 Å². The lowest BCUT2D eigenvalue weighted by Gasteiger charge is -2.18. The Hall–Kier alpha value is -0.950. The van der Waals surface area contributed by atoms with Gasteiger partial charge >= 0.3 is 19.8 Å². The van der Waals surface area contributed by atoms with E-state index in [4.69, 9.17) is 19.3 Å². The highest BCUT2D eigenvalue weighted by Gasteiger charge is 2.23. The van der Waals surface area contributed by atoms with Gasteiger partial charge in [0, 0.05) is 12.8 Å². The molecule has 0 rings (SSSR count). The summed E-state index contributed by atoms with van der Waals surface area (Å²) in [6, 6.07) is 0. The third kappa shape index (κ3) is 47.6. The van der Waals surface area contributed by atoms with Crippen molar-refractivity contribution in [2.75, 3.05) is 13.2 Å². The lowest BCUT2D eigenvalue weighted by Crippen LogP contribution is -2.29. The summed E-state index contributed by atoms with van der Waals surface area (Å²) in [5.41, 5.74) is 0. The van der Waals surface area contributed by atoms with Crippen molar-refractivity contribution in [3.8, 4) is 0 Å². The zero-order valence-corrected chi connectivity index (χ0v) is 38.7. The van der Waals surface area contributed by atoms with E-state index < -0.39 is 32.5 Å². The smallest absolute Gasteiger partial charge is 0.462 e. The molecular weight excluding hydrogens is 735 g/mol. The number of esters is 2. The number of rotatable bonds is 47. The molecule has 0 saturated heterocycles. The number of phosphoric acid groups is 1. The van der Waals surface area contributed by atoms with E-state index in [9.17, 15) is 14.2 Å². The van der Waals surface area contributed by atoms with Gasteiger partial charge in [0.2, 0.25) is 0 Å². The Morgan fingerprint density at radius 3 is 0.895 bits per heavy atom. The van der Waals surface area contributed by atoms with Gasteiger partial charge < -0.3 is 19.3 Å². The number of unbranched alkanes of at least 4 members (excludes halogenated alkanes) is 37. The third-order valence-corrected chi connectivity index (χ3v) is 11.9. The lowest BCUT2D eigenvalue weighted by atomic mass is 10.0. The zero-order chi connectivity index (χ0) is 41.8. The Bertz CT molecular complexity index is 894. The van der Waals surface area contributed by atoms with Crippen LogP contribution in [0.25, 0.3) is 0 Å². The molecule has 0 radical (unpaired) electrons. The van der Waals surface area contributed by atoms with Gasteiger partial charge in [0.05, 0.1) is 6.61 Å². The summed E-state index contributed by atoms with van der Waals surface area (Å²) in [6.45, 7) is 3.75. The number of carbonyl (C=O) groups excluding carboxylic acids is 2. The maximum absolute atomic E-state index is 12.4. The van der Waals surface area contributed by atoms with Gasteiger partial charge in [-0.25, -0.2) is 4.57 Å². The van der Waals surface area contributed by atoms with Crippen LogP contribution in [-0.2, 0) is 28.2 Å². The molecule has 0 aliphatic rings. The first-order chi connectivity index (χ1) is 27.8. The number of phosphoric ester groups is 1. The maximum atomic E-state index is 12.4. The molecular formula is C48H95O8P. The second-order valence-corrected chi connectivity index (χ2v) is 18.4. The number of hydrogen-bond donors (Lipinski definition) is 2. The fourth-order valence-corrected chi connectivity index (χ4v) is 8.03. The summed E-state index contributed by atoms with van der Waals surface area (Å²) >= 11 is 0. The maximum Gasteiger partial charge on any atom is 0.469 e. The topological polar surface area (TPSA) is 119 Å². The van der Waals surface area contributed by atoms with Crippen LogP contribution in [-0.4, -0.2) is 41.0 Å². The fraction of sp³-hybridized carbons (Fsp3) is 0.958. The molecule has 0 aliphatic carbocycles. The quantitative estimate of drug-likeness (QED) is 0.0353. The lowest BCUT2D eigenvalue weighted by molar-refractivity contribution is -0.161. The van der Waals surface area contributed by atoms with E-state index in [0.29, 0.717) is 6.42 Å². The van der Waals surface area contributed by atoms with Crippen molar-refractivity contribution in [2.24, 2.45) is 0 Å². The van der Waals surface area contributed by atoms with E-state index in [2.05, 4.69) is 18.4 Å². The molecule has 0 aliphatic heterocycles. The van der Waals surface area contributed by atoms with Crippen molar-refractivity contribution >= 4 is 19.8 Å². The van der Waals surface area contributed by atoms with Gasteiger partial charge in [-0.3, -0.25) is 14.1 Å². The normalized spacial score (nSPS) is 12.3. The Kier molecular flexibility index (Phi) is 43.9. The van der Waals surface area contributed by atoms with Crippen LogP contribution >= 0.6 is 7.82 Å². The second kappa shape index (κ2) is 44.6. The van der Waals surface area contributed by atoms with Crippen molar-refractivity contribution in [1.29, 1.82) is 0 Å². The van der Waals surface area contributed by atoms with Crippen molar-refractivity contribution in [3.63, 3.8) is 0 Å². The minimum absolute atomic E-state index is 0.221. The summed E-state index contributed by atoms with van der Waals surface area (Å²) in [6.07, 6.45) is 49.8. The van der Waals surface area contributed by atoms with Gasteiger partial charge in [-0.2, -0.15) is 0 Å². The first kappa shape index (κ1) is 56.0. The van der Waals surface area contributed by atoms with Gasteiger partial charge in [0.1, 0.15) is 6.61 Å². The number of carbonyl (C=O) groups is 2. The predicted octanol–water partition coefficient (Wildman–Crippen LogP) is 15.6. The zero-order valence-electron chi connectivity index (χ0n) is 37.8. The van der Waals surface area contributed by atoms with Crippen LogP contribution in [0.4, 0.5) is 0 Å². The average Bonchev–Trinajstić information content (AvgIpc) is 3.18. The van der Waals surface area contributed by atoms with E-state index in [0.717, 1.165) is 32.1 Å². The largest absolute Gasteiger partial charge is 0.469 e. The molecule has 0 fully saturated rings. The Morgan fingerprint density at radius 2 is 0.632 bits per heavy atom. The highest BCUT2D eigenvalue weighted by molar-refractivity contribution is 7.46. The van der Waals surface area contributed by atoms with E-state index in [-0.39, 0.29) is 19.4 Å². The molecule has 0 spiro atoms. The second-order valence-electron chi connectivity index (χ2n) is 17.2. The van der Waals surface area contributed by atoms with Crippen LogP contribution in [0.5, 0.6) is 0 Å². The van der Waals surface area contributed by atoms with E-state index in [1.54, 1.807) is 0 Å². The molecule has 9 heteroatoms.